The molecular formula is C5H8N4. The van der Waals surface area contributed by atoms with Gasteiger partial charge in [0.1, 0.15) is 5.82 Å². The van der Waals surface area contributed by atoms with Crippen LogP contribution < -0.4 is 5.32 Å². The van der Waals surface area contributed by atoms with Gasteiger partial charge in [-0.2, -0.15) is 5.10 Å². The molecule has 0 saturated heterocycles. The lowest BCUT2D eigenvalue weighted by atomic mass is 10.6. The highest BCUT2D eigenvalue weighted by Gasteiger charge is 1.89. The number of nitrogens with zero attached hydrogens (tertiary/aromatic N) is 1. The standard InChI is InChI=1S/C5H8N4/c1-4(6)8-5-2-3-7-9-5/h2-3H,1H3,(H3,6,7,8,9). The van der Waals surface area contributed by atoms with E-state index in [2.05, 4.69) is 15.5 Å². The molecule has 0 aromatic carbocycles. The van der Waals surface area contributed by atoms with Crippen LogP contribution >= 0.6 is 0 Å². The fourth-order valence-corrected chi connectivity index (χ4v) is 0.528. The summed E-state index contributed by atoms with van der Waals surface area (Å²) >= 11 is 0. The first kappa shape index (κ1) is 5.81. The third kappa shape index (κ3) is 1.56. The first-order chi connectivity index (χ1) is 4.29. The van der Waals surface area contributed by atoms with Crippen LogP contribution in [0.2, 0.25) is 0 Å². The summed E-state index contributed by atoms with van der Waals surface area (Å²) in [5.74, 6) is 1.15. The molecule has 1 aromatic rings. The first-order valence-corrected chi connectivity index (χ1v) is 2.60. The molecule has 3 N–H and O–H groups in total. The van der Waals surface area contributed by atoms with Crippen LogP contribution in [0.5, 0.6) is 0 Å². The van der Waals surface area contributed by atoms with E-state index in [1.807, 2.05) is 0 Å². The molecule has 48 valence electrons. The van der Waals surface area contributed by atoms with Gasteiger partial charge in [-0.15, -0.1) is 0 Å². The zero-order chi connectivity index (χ0) is 6.69. The van der Waals surface area contributed by atoms with Crippen molar-refractivity contribution in [1.29, 1.82) is 5.41 Å². The topological polar surface area (TPSA) is 64.6 Å². The summed E-state index contributed by atoms with van der Waals surface area (Å²) < 4.78 is 0. The monoisotopic (exact) mass is 124 g/mol. The van der Waals surface area contributed by atoms with Crippen LogP contribution in [0, 0.1) is 5.41 Å². The number of hydrogen-bond donors (Lipinski definition) is 3. The molecule has 1 rings (SSSR count). The van der Waals surface area contributed by atoms with Crippen molar-refractivity contribution >= 4 is 11.7 Å². The number of aromatic nitrogens is 2. The molecule has 0 aliphatic carbocycles. The van der Waals surface area contributed by atoms with Gasteiger partial charge in [0, 0.05) is 6.07 Å². The van der Waals surface area contributed by atoms with Gasteiger partial charge in [-0.05, 0) is 6.92 Å². The van der Waals surface area contributed by atoms with Crippen molar-refractivity contribution in [2.75, 3.05) is 5.32 Å². The van der Waals surface area contributed by atoms with Gasteiger partial charge in [-0.3, -0.25) is 10.5 Å². The van der Waals surface area contributed by atoms with Gasteiger partial charge in [0.15, 0.2) is 0 Å². The van der Waals surface area contributed by atoms with E-state index in [0.29, 0.717) is 5.84 Å². The molecule has 0 aliphatic rings. The Kier molecular flexibility index (Phi) is 1.48. The molecule has 0 spiro atoms. The number of nitrogens with one attached hydrogen (secondary N) is 3. The normalized spacial score (nSPS) is 9.00. The van der Waals surface area contributed by atoms with Crippen LogP contribution in [0.1, 0.15) is 6.92 Å². The smallest absolute Gasteiger partial charge is 0.126 e. The molecule has 0 radical (unpaired) electrons. The van der Waals surface area contributed by atoms with Crippen LogP contribution in [-0.4, -0.2) is 16.0 Å². The molecule has 0 atom stereocenters. The molecule has 1 heterocycles. The SMILES string of the molecule is CC(=N)Nc1ccn[nH]1. The summed E-state index contributed by atoms with van der Waals surface area (Å²) in [7, 11) is 0. The third-order valence-corrected chi connectivity index (χ3v) is 0.823. The Morgan fingerprint density at radius 3 is 3.11 bits per heavy atom. The number of amidine groups is 1. The molecule has 4 heteroatoms. The largest absolute Gasteiger partial charge is 0.330 e. The number of anilines is 1. The minimum Gasteiger partial charge on any atom is -0.330 e. The summed E-state index contributed by atoms with van der Waals surface area (Å²) in [4.78, 5) is 0. The van der Waals surface area contributed by atoms with E-state index in [-0.39, 0.29) is 0 Å². The maximum atomic E-state index is 7.01. The number of H-pyrrole nitrogens is 1. The second-order valence-electron chi connectivity index (χ2n) is 1.72. The molecule has 9 heavy (non-hydrogen) atoms. The maximum absolute atomic E-state index is 7.01. The average molecular weight is 124 g/mol. The Hall–Kier alpha value is -1.32. The van der Waals surface area contributed by atoms with Crippen LogP contribution in [0.4, 0.5) is 5.82 Å². The van der Waals surface area contributed by atoms with Crippen molar-refractivity contribution in [2.24, 2.45) is 0 Å². The zero-order valence-electron chi connectivity index (χ0n) is 5.10. The van der Waals surface area contributed by atoms with Crippen molar-refractivity contribution in [3.05, 3.63) is 12.3 Å². The van der Waals surface area contributed by atoms with Crippen LogP contribution in [0.3, 0.4) is 0 Å². The highest BCUT2D eigenvalue weighted by Crippen LogP contribution is 1.96. The van der Waals surface area contributed by atoms with E-state index in [0.717, 1.165) is 5.82 Å². The lowest BCUT2D eigenvalue weighted by Gasteiger charge is -1.95. The summed E-state index contributed by atoms with van der Waals surface area (Å²) in [6.45, 7) is 1.67. The van der Waals surface area contributed by atoms with Crippen molar-refractivity contribution in [3.63, 3.8) is 0 Å². The predicted octanol–water partition coefficient (Wildman–Crippen LogP) is 0.819. The summed E-state index contributed by atoms with van der Waals surface area (Å²) in [5.41, 5.74) is 0. The van der Waals surface area contributed by atoms with E-state index in [1.165, 1.54) is 0 Å². The molecule has 0 aliphatic heterocycles. The van der Waals surface area contributed by atoms with E-state index < -0.39 is 0 Å². The lowest BCUT2D eigenvalue weighted by molar-refractivity contribution is 1.09. The van der Waals surface area contributed by atoms with Crippen molar-refractivity contribution in [1.82, 2.24) is 10.2 Å². The van der Waals surface area contributed by atoms with Crippen molar-refractivity contribution in [3.8, 4) is 0 Å². The average Bonchev–Trinajstić information content (AvgIpc) is 2.15. The Bertz CT molecular complexity index is 189. The first-order valence-electron chi connectivity index (χ1n) is 2.60. The van der Waals surface area contributed by atoms with Gasteiger partial charge < -0.3 is 5.32 Å². The predicted molar refractivity (Wildman–Crippen MR) is 35.6 cm³/mol. The molecule has 0 saturated carbocycles. The molecule has 0 unspecified atom stereocenters. The van der Waals surface area contributed by atoms with Gasteiger partial charge in [-0.1, -0.05) is 0 Å². The van der Waals surface area contributed by atoms with Crippen LogP contribution in [0.15, 0.2) is 12.3 Å². The summed E-state index contributed by atoms with van der Waals surface area (Å²) in [6.07, 6.45) is 1.63. The highest BCUT2D eigenvalue weighted by molar-refractivity contribution is 5.89. The van der Waals surface area contributed by atoms with Gasteiger partial charge in [0.05, 0.1) is 12.0 Å². The molecule has 0 fully saturated rings. The number of rotatable bonds is 1. The molecule has 0 bridgehead atoms. The van der Waals surface area contributed by atoms with Gasteiger partial charge in [0.25, 0.3) is 0 Å². The van der Waals surface area contributed by atoms with Gasteiger partial charge in [-0.25, -0.2) is 0 Å². The zero-order valence-corrected chi connectivity index (χ0v) is 5.10. The Labute approximate surface area is 52.8 Å². The maximum Gasteiger partial charge on any atom is 0.126 e. The molecule has 1 aromatic heterocycles. The van der Waals surface area contributed by atoms with E-state index in [9.17, 15) is 0 Å². The number of aromatic amines is 1. The van der Waals surface area contributed by atoms with E-state index >= 15 is 0 Å². The minimum absolute atomic E-state index is 0.402. The van der Waals surface area contributed by atoms with E-state index in [4.69, 9.17) is 5.41 Å². The quantitative estimate of drug-likeness (QED) is 0.383. The fraction of sp³-hybridized carbons (Fsp3) is 0.200. The second-order valence-corrected chi connectivity index (χ2v) is 1.72. The summed E-state index contributed by atoms with van der Waals surface area (Å²) in [6, 6.07) is 1.76. The van der Waals surface area contributed by atoms with Gasteiger partial charge >= 0.3 is 0 Å². The third-order valence-electron chi connectivity index (χ3n) is 0.823. The lowest BCUT2D eigenvalue weighted by Crippen LogP contribution is -2.04. The van der Waals surface area contributed by atoms with E-state index in [1.54, 1.807) is 19.2 Å². The fourth-order valence-electron chi connectivity index (χ4n) is 0.528. The van der Waals surface area contributed by atoms with Crippen molar-refractivity contribution in [2.45, 2.75) is 6.92 Å². The Morgan fingerprint density at radius 1 is 1.89 bits per heavy atom. The van der Waals surface area contributed by atoms with Crippen molar-refractivity contribution < 1.29 is 0 Å². The highest BCUT2D eigenvalue weighted by atomic mass is 15.2. The molecule has 4 nitrogen and oxygen atoms in total. The minimum atomic E-state index is 0.402. The van der Waals surface area contributed by atoms with Crippen LogP contribution in [0.25, 0.3) is 0 Å². The molecular weight excluding hydrogens is 116 g/mol. The summed E-state index contributed by atoms with van der Waals surface area (Å²) in [5, 5.41) is 16.1. The Morgan fingerprint density at radius 2 is 2.67 bits per heavy atom. The Balaban J connectivity index is 2.58. The molecule has 0 amide bonds. The van der Waals surface area contributed by atoms with Gasteiger partial charge in [0.2, 0.25) is 0 Å². The van der Waals surface area contributed by atoms with Crippen LogP contribution in [-0.2, 0) is 0 Å². The number of hydrogen-bond acceptors (Lipinski definition) is 2. The second kappa shape index (κ2) is 2.30.